The van der Waals surface area contributed by atoms with E-state index >= 15 is 0 Å². The van der Waals surface area contributed by atoms with E-state index in [4.69, 9.17) is 11.6 Å². The van der Waals surface area contributed by atoms with Gasteiger partial charge in [0.25, 0.3) is 5.91 Å². The molecular weight excluding hydrogens is 322 g/mol. The second kappa shape index (κ2) is 7.38. The number of aliphatic carboxylic acids is 1. The SMILES string of the molecule is CCSc1cc(Cl)ccc1C(=O)N1CC(C)CC(C(=O)O)C1. The smallest absolute Gasteiger partial charge is 0.308 e. The molecule has 1 aromatic rings. The number of benzene rings is 1. The number of carboxylic acids is 1. The molecule has 6 heteroatoms. The minimum absolute atomic E-state index is 0.106. The zero-order chi connectivity index (χ0) is 16.3. The lowest BCUT2D eigenvalue weighted by Crippen LogP contribution is -2.45. The summed E-state index contributed by atoms with van der Waals surface area (Å²) >= 11 is 7.58. The van der Waals surface area contributed by atoms with Gasteiger partial charge in [-0.1, -0.05) is 25.4 Å². The number of hydrogen-bond acceptors (Lipinski definition) is 3. The highest BCUT2D eigenvalue weighted by molar-refractivity contribution is 7.99. The highest BCUT2D eigenvalue weighted by Crippen LogP contribution is 2.29. The molecule has 0 aromatic heterocycles. The Morgan fingerprint density at radius 2 is 2.14 bits per heavy atom. The molecule has 1 N–H and O–H groups in total. The summed E-state index contributed by atoms with van der Waals surface area (Å²) in [6.45, 7) is 4.88. The number of hydrogen-bond donors (Lipinski definition) is 1. The standard InChI is InChI=1S/C16H20ClNO3S/c1-3-22-14-7-12(17)4-5-13(14)15(19)18-8-10(2)6-11(9-18)16(20)21/h4-5,7,10-11H,3,6,8-9H2,1-2H3,(H,20,21). The lowest BCUT2D eigenvalue weighted by Gasteiger charge is -2.35. The van der Waals surface area contributed by atoms with E-state index in [0.29, 0.717) is 23.6 Å². The Morgan fingerprint density at radius 3 is 2.77 bits per heavy atom. The van der Waals surface area contributed by atoms with Gasteiger partial charge in [-0.2, -0.15) is 0 Å². The van der Waals surface area contributed by atoms with Crippen LogP contribution in [-0.2, 0) is 4.79 Å². The summed E-state index contributed by atoms with van der Waals surface area (Å²) in [4.78, 5) is 26.6. The number of carboxylic acid groups (broad SMARTS) is 1. The highest BCUT2D eigenvalue weighted by Gasteiger charge is 2.32. The summed E-state index contributed by atoms with van der Waals surface area (Å²) in [5.41, 5.74) is 0.606. The molecule has 1 saturated heterocycles. The number of likely N-dealkylation sites (tertiary alicyclic amines) is 1. The van der Waals surface area contributed by atoms with Gasteiger partial charge in [0.15, 0.2) is 0 Å². The van der Waals surface area contributed by atoms with Gasteiger partial charge >= 0.3 is 5.97 Å². The molecule has 0 aliphatic carbocycles. The van der Waals surface area contributed by atoms with E-state index in [0.717, 1.165) is 10.6 Å². The van der Waals surface area contributed by atoms with E-state index in [2.05, 4.69) is 0 Å². The number of carbonyl (C=O) groups excluding carboxylic acids is 1. The van der Waals surface area contributed by atoms with Crippen molar-refractivity contribution in [1.29, 1.82) is 0 Å². The maximum atomic E-state index is 12.8. The normalized spacial score (nSPS) is 21.7. The van der Waals surface area contributed by atoms with Crippen LogP contribution in [0.25, 0.3) is 0 Å². The van der Waals surface area contributed by atoms with Crippen molar-refractivity contribution < 1.29 is 14.7 Å². The van der Waals surface area contributed by atoms with Crippen LogP contribution >= 0.6 is 23.4 Å². The molecule has 0 spiro atoms. The van der Waals surface area contributed by atoms with Crippen LogP contribution < -0.4 is 0 Å². The molecule has 120 valence electrons. The first-order chi connectivity index (χ1) is 10.4. The Morgan fingerprint density at radius 1 is 1.41 bits per heavy atom. The summed E-state index contributed by atoms with van der Waals surface area (Å²) in [6.07, 6.45) is 0.621. The lowest BCUT2D eigenvalue weighted by molar-refractivity contribution is -0.143. The molecule has 0 radical (unpaired) electrons. The molecule has 2 rings (SSSR count). The van der Waals surface area contributed by atoms with Crippen molar-refractivity contribution in [3.63, 3.8) is 0 Å². The first-order valence-electron chi connectivity index (χ1n) is 7.36. The summed E-state index contributed by atoms with van der Waals surface area (Å²) < 4.78 is 0. The molecular formula is C16H20ClNO3S. The molecule has 2 atom stereocenters. The third kappa shape index (κ3) is 3.96. The summed E-state index contributed by atoms with van der Waals surface area (Å²) in [5, 5.41) is 9.84. The van der Waals surface area contributed by atoms with Crippen LogP contribution in [0.5, 0.6) is 0 Å². The minimum Gasteiger partial charge on any atom is -0.481 e. The average molecular weight is 342 g/mol. The fourth-order valence-electron chi connectivity index (χ4n) is 2.81. The number of amides is 1. The first-order valence-corrected chi connectivity index (χ1v) is 8.73. The van der Waals surface area contributed by atoms with E-state index in [-0.39, 0.29) is 18.4 Å². The second-order valence-corrected chi connectivity index (χ2v) is 7.40. The summed E-state index contributed by atoms with van der Waals surface area (Å²) in [5.74, 6) is -0.390. The van der Waals surface area contributed by atoms with E-state index in [9.17, 15) is 14.7 Å². The monoisotopic (exact) mass is 341 g/mol. The van der Waals surface area contributed by atoms with E-state index < -0.39 is 11.9 Å². The molecule has 22 heavy (non-hydrogen) atoms. The molecule has 4 nitrogen and oxygen atoms in total. The fourth-order valence-corrected chi connectivity index (χ4v) is 3.88. The van der Waals surface area contributed by atoms with Gasteiger partial charge in [0.2, 0.25) is 0 Å². The Bertz CT molecular complexity index is 579. The van der Waals surface area contributed by atoms with E-state index in [1.54, 1.807) is 34.9 Å². The number of carbonyl (C=O) groups is 2. The fraction of sp³-hybridized carbons (Fsp3) is 0.500. The van der Waals surface area contributed by atoms with Gasteiger partial charge in [0.1, 0.15) is 0 Å². The number of thioether (sulfide) groups is 1. The van der Waals surface area contributed by atoms with Crippen LogP contribution in [0.3, 0.4) is 0 Å². The van der Waals surface area contributed by atoms with Crippen LogP contribution in [0.2, 0.25) is 5.02 Å². The van der Waals surface area contributed by atoms with Crippen LogP contribution in [-0.4, -0.2) is 40.7 Å². The van der Waals surface area contributed by atoms with Crippen molar-refractivity contribution >= 4 is 35.2 Å². The Balaban J connectivity index is 2.25. The topological polar surface area (TPSA) is 57.6 Å². The van der Waals surface area contributed by atoms with Crippen LogP contribution in [0.1, 0.15) is 30.6 Å². The van der Waals surface area contributed by atoms with Gasteiger partial charge in [0, 0.05) is 23.0 Å². The molecule has 1 heterocycles. The van der Waals surface area contributed by atoms with Crippen molar-refractivity contribution in [3.05, 3.63) is 28.8 Å². The Hall–Kier alpha value is -1.20. The zero-order valence-electron chi connectivity index (χ0n) is 12.7. The molecule has 0 bridgehead atoms. The lowest BCUT2D eigenvalue weighted by atomic mass is 9.90. The third-order valence-electron chi connectivity index (χ3n) is 3.77. The van der Waals surface area contributed by atoms with Crippen molar-refractivity contribution in [2.75, 3.05) is 18.8 Å². The quantitative estimate of drug-likeness (QED) is 0.849. The maximum Gasteiger partial charge on any atom is 0.308 e. The predicted octanol–water partition coefficient (Wildman–Crippen LogP) is 3.63. The molecule has 1 aliphatic rings. The second-order valence-electron chi connectivity index (χ2n) is 5.66. The molecule has 1 fully saturated rings. The van der Waals surface area contributed by atoms with Crippen LogP contribution in [0.15, 0.2) is 23.1 Å². The Kier molecular flexibility index (Phi) is 5.75. The van der Waals surface area contributed by atoms with Gasteiger partial charge in [-0.25, -0.2) is 0 Å². The zero-order valence-corrected chi connectivity index (χ0v) is 14.3. The van der Waals surface area contributed by atoms with E-state index in [1.807, 2.05) is 13.8 Å². The van der Waals surface area contributed by atoms with Crippen LogP contribution in [0, 0.1) is 11.8 Å². The predicted molar refractivity (Wildman–Crippen MR) is 88.7 cm³/mol. The minimum atomic E-state index is -0.830. The first kappa shape index (κ1) is 17.2. The van der Waals surface area contributed by atoms with Gasteiger partial charge in [0.05, 0.1) is 11.5 Å². The number of halogens is 1. The molecule has 1 aromatic carbocycles. The van der Waals surface area contributed by atoms with E-state index in [1.165, 1.54) is 0 Å². The number of rotatable bonds is 4. The van der Waals surface area contributed by atoms with Gasteiger partial charge in [-0.3, -0.25) is 9.59 Å². The van der Waals surface area contributed by atoms with Crippen molar-refractivity contribution in [3.8, 4) is 0 Å². The van der Waals surface area contributed by atoms with Crippen molar-refractivity contribution in [2.45, 2.75) is 25.2 Å². The average Bonchev–Trinajstić information content (AvgIpc) is 2.46. The number of piperidine rings is 1. The third-order valence-corrected chi connectivity index (χ3v) is 4.94. The van der Waals surface area contributed by atoms with Gasteiger partial charge < -0.3 is 10.0 Å². The van der Waals surface area contributed by atoms with Gasteiger partial charge in [-0.15, -0.1) is 11.8 Å². The van der Waals surface area contributed by atoms with Crippen LogP contribution in [0.4, 0.5) is 0 Å². The van der Waals surface area contributed by atoms with Crippen molar-refractivity contribution in [2.24, 2.45) is 11.8 Å². The molecule has 0 saturated carbocycles. The largest absolute Gasteiger partial charge is 0.481 e. The van der Waals surface area contributed by atoms with Gasteiger partial charge in [-0.05, 0) is 36.3 Å². The molecule has 2 unspecified atom stereocenters. The maximum absolute atomic E-state index is 12.8. The number of nitrogens with zero attached hydrogens (tertiary/aromatic N) is 1. The Labute approximate surface area is 139 Å². The summed E-state index contributed by atoms with van der Waals surface area (Å²) in [7, 11) is 0. The highest BCUT2D eigenvalue weighted by atomic mass is 35.5. The molecule has 1 aliphatic heterocycles. The van der Waals surface area contributed by atoms with Crippen molar-refractivity contribution in [1.82, 2.24) is 4.90 Å². The molecule has 1 amide bonds. The summed E-state index contributed by atoms with van der Waals surface area (Å²) in [6, 6.07) is 5.24.